The number of aliphatic hydroxyl groups excluding tert-OH is 1. The molecule has 5 heteroatoms. The van der Waals surface area contributed by atoms with E-state index in [2.05, 4.69) is 17.4 Å². The predicted octanol–water partition coefficient (Wildman–Crippen LogP) is 0.309. The van der Waals surface area contributed by atoms with Gasteiger partial charge in [0.15, 0.2) is 0 Å². The molecule has 21 heavy (non-hydrogen) atoms. The number of carbonyl (C=O) groups is 1. The number of hydrogen-bond donors (Lipinski definition) is 2. The Morgan fingerprint density at radius 2 is 2.19 bits per heavy atom. The minimum absolute atomic E-state index is 0.0442. The van der Waals surface area contributed by atoms with E-state index in [1.54, 1.807) is 0 Å². The van der Waals surface area contributed by atoms with Crippen LogP contribution in [0, 0.1) is 0 Å². The third-order valence-electron chi connectivity index (χ3n) is 4.37. The standard InChI is InChI=1S/C16H22N2O3/c1-11-10-21-14(9-19)8-18(11)16(20)15-6-12-4-2-3-5-13(12)7-17-15/h2-5,11,14-15,17,19H,6-10H2,1H3/t11?,14?,15-/m0/s1. The number of fused-ring (bicyclic) bond motifs is 1. The fourth-order valence-corrected chi connectivity index (χ4v) is 3.06. The highest BCUT2D eigenvalue weighted by molar-refractivity contribution is 5.83. The number of hydrogen-bond acceptors (Lipinski definition) is 4. The zero-order valence-corrected chi connectivity index (χ0v) is 12.3. The van der Waals surface area contributed by atoms with Gasteiger partial charge in [-0.3, -0.25) is 4.79 Å². The zero-order valence-electron chi connectivity index (χ0n) is 12.3. The fourth-order valence-electron chi connectivity index (χ4n) is 3.06. The predicted molar refractivity (Wildman–Crippen MR) is 78.8 cm³/mol. The Bertz CT molecular complexity index is 520. The highest BCUT2D eigenvalue weighted by atomic mass is 16.5. The van der Waals surface area contributed by atoms with Crippen LogP contribution >= 0.6 is 0 Å². The number of amides is 1. The molecule has 2 aliphatic heterocycles. The van der Waals surface area contributed by atoms with Crippen LogP contribution in [0.1, 0.15) is 18.1 Å². The Kier molecular flexibility index (Phi) is 4.24. The first kappa shape index (κ1) is 14.5. The van der Waals surface area contributed by atoms with Crippen molar-refractivity contribution in [1.82, 2.24) is 10.2 Å². The molecule has 2 aliphatic rings. The average molecular weight is 290 g/mol. The molecular formula is C16H22N2O3. The first-order valence-electron chi connectivity index (χ1n) is 7.52. The van der Waals surface area contributed by atoms with E-state index < -0.39 is 0 Å². The summed E-state index contributed by atoms with van der Waals surface area (Å²) in [6.45, 7) is 3.63. The lowest BCUT2D eigenvalue weighted by molar-refractivity contribution is -0.148. The van der Waals surface area contributed by atoms with E-state index in [4.69, 9.17) is 4.74 Å². The van der Waals surface area contributed by atoms with E-state index in [0.29, 0.717) is 13.2 Å². The highest BCUT2D eigenvalue weighted by Crippen LogP contribution is 2.20. The van der Waals surface area contributed by atoms with Crippen LogP contribution in [-0.4, -0.2) is 53.9 Å². The molecule has 0 radical (unpaired) electrons. The van der Waals surface area contributed by atoms with Gasteiger partial charge >= 0.3 is 0 Å². The van der Waals surface area contributed by atoms with Crippen LogP contribution < -0.4 is 5.32 Å². The SMILES string of the molecule is CC1COC(CO)CN1C(=O)[C@@H]1Cc2ccccc2CN1. The van der Waals surface area contributed by atoms with Crippen molar-refractivity contribution in [3.63, 3.8) is 0 Å². The molecule has 0 aromatic heterocycles. The molecule has 1 amide bonds. The van der Waals surface area contributed by atoms with Crippen LogP contribution in [0.5, 0.6) is 0 Å². The molecule has 2 unspecified atom stereocenters. The summed E-state index contributed by atoms with van der Waals surface area (Å²) in [5.74, 6) is 0.110. The third kappa shape index (κ3) is 2.95. The second-order valence-electron chi connectivity index (χ2n) is 5.88. The number of ether oxygens (including phenoxy) is 1. The summed E-state index contributed by atoms with van der Waals surface area (Å²) < 4.78 is 5.50. The number of rotatable bonds is 2. The molecule has 1 aromatic carbocycles. The first-order valence-corrected chi connectivity index (χ1v) is 7.52. The summed E-state index contributed by atoms with van der Waals surface area (Å²) in [6.07, 6.45) is 0.462. The van der Waals surface area contributed by atoms with Crippen LogP contribution in [0.4, 0.5) is 0 Å². The average Bonchev–Trinajstić information content (AvgIpc) is 2.54. The maximum atomic E-state index is 12.8. The molecule has 3 atom stereocenters. The minimum atomic E-state index is -0.263. The number of benzene rings is 1. The van der Waals surface area contributed by atoms with Gasteiger partial charge in [0, 0.05) is 13.1 Å². The molecule has 1 aromatic rings. The highest BCUT2D eigenvalue weighted by Gasteiger charge is 2.34. The van der Waals surface area contributed by atoms with Crippen molar-refractivity contribution in [2.75, 3.05) is 19.8 Å². The van der Waals surface area contributed by atoms with Gasteiger partial charge in [0.25, 0.3) is 0 Å². The second kappa shape index (κ2) is 6.13. The molecule has 1 saturated heterocycles. The lowest BCUT2D eigenvalue weighted by atomic mass is 9.94. The molecule has 1 fully saturated rings. The van der Waals surface area contributed by atoms with Gasteiger partial charge < -0.3 is 20.1 Å². The number of morpholine rings is 1. The molecule has 2 N–H and O–H groups in total. The monoisotopic (exact) mass is 290 g/mol. The third-order valence-corrected chi connectivity index (χ3v) is 4.37. The maximum Gasteiger partial charge on any atom is 0.240 e. The van der Waals surface area contributed by atoms with Gasteiger partial charge in [-0.15, -0.1) is 0 Å². The summed E-state index contributed by atoms with van der Waals surface area (Å²) >= 11 is 0. The van der Waals surface area contributed by atoms with Gasteiger partial charge in [-0.25, -0.2) is 0 Å². The van der Waals surface area contributed by atoms with Gasteiger partial charge in [0.2, 0.25) is 5.91 Å². The molecule has 0 spiro atoms. The van der Waals surface area contributed by atoms with Crippen molar-refractivity contribution < 1.29 is 14.6 Å². The minimum Gasteiger partial charge on any atom is -0.394 e. The van der Waals surface area contributed by atoms with Crippen LogP contribution in [0.15, 0.2) is 24.3 Å². The number of carbonyl (C=O) groups excluding carboxylic acids is 1. The van der Waals surface area contributed by atoms with Gasteiger partial charge in [0.1, 0.15) is 0 Å². The number of aliphatic hydroxyl groups is 1. The summed E-state index contributed by atoms with van der Waals surface area (Å²) in [6, 6.07) is 8.11. The Morgan fingerprint density at radius 3 is 2.95 bits per heavy atom. The maximum absolute atomic E-state index is 12.8. The molecule has 3 rings (SSSR count). The molecular weight excluding hydrogens is 268 g/mol. The Morgan fingerprint density at radius 1 is 1.43 bits per heavy atom. The smallest absolute Gasteiger partial charge is 0.240 e. The van der Waals surface area contributed by atoms with E-state index in [-0.39, 0.29) is 30.7 Å². The van der Waals surface area contributed by atoms with Gasteiger partial charge in [0.05, 0.1) is 31.4 Å². The quantitative estimate of drug-likeness (QED) is 0.823. The molecule has 0 saturated carbocycles. The lowest BCUT2D eigenvalue weighted by Gasteiger charge is -2.40. The van der Waals surface area contributed by atoms with E-state index in [0.717, 1.165) is 13.0 Å². The fraction of sp³-hybridized carbons (Fsp3) is 0.562. The van der Waals surface area contributed by atoms with Crippen LogP contribution in [0.25, 0.3) is 0 Å². The van der Waals surface area contributed by atoms with Gasteiger partial charge in [-0.2, -0.15) is 0 Å². The summed E-state index contributed by atoms with van der Waals surface area (Å²) in [4.78, 5) is 14.6. The van der Waals surface area contributed by atoms with Gasteiger partial charge in [-0.1, -0.05) is 24.3 Å². The first-order chi connectivity index (χ1) is 10.2. The van der Waals surface area contributed by atoms with Crippen molar-refractivity contribution in [3.05, 3.63) is 35.4 Å². The normalized spacial score (nSPS) is 29.0. The number of nitrogens with one attached hydrogen (secondary N) is 1. The molecule has 5 nitrogen and oxygen atoms in total. The molecule has 2 heterocycles. The largest absolute Gasteiger partial charge is 0.394 e. The summed E-state index contributed by atoms with van der Waals surface area (Å²) in [5.41, 5.74) is 2.51. The Labute approximate surface area is 124 Å². The van der Waals surface area contributed by atoms with Gasteiger partial charge in [-0.05, 0) is 24.5 Å². The zero-order chi connectivity index (χ0) is 14.8. The Balaban J connectivity index is 1.71. The van der Waals surface area contributed by atoms with Crippen LogP contribution in [-0.2, 0) is 22.5 Å². The second-order valence-corrected chi connectivity index (χ2v) is 5.88. The topological polar surface area (TPSA) is 61.8 Å². The van der Waals surface area contributed by atoms with Crippen molar-refractivity contribution in [2.45, 2.75) is 38.1 Å². The van der Waals surface area contributed by atoms with Crippen molar-refractivity contribution >= 4 is 5.91 Å². The van der Waals surface area contributed by atoms with E-state index in [1.807, 2.05) is 24.0 Å². The summed E-state index contributed by atoms with van der Waals surface area (Å²) in [7, 11) is 0. The van der Waals surface area contributed by atoms with Crippen molar-refractivity contribution in [3.8, 4) is 0 Å². The molecule has 0 bridgehead atoms. The van der Waals surface area contributed by atoms with E-state index in [9.17, 15) is 9.90 Å². The molecule has 0 aliphatic carbocycles. The lowest BCUT2D eigenvalue weighted by Crippen LogP contribution is -2.58. The van der Waals surface area contributed by atoms with Crippen LogP contribution in [0.3, 0.4) is 0 Å². The van der Waals surface area contributed by atoms with Crippen molar-refractivity contribution in [2.24, 2.45) is 0 Å². The molecule has 114 valence electrons. The van der Waals surface area contributed by atoms with E-state index >= 15 is 0 Å². The van der Waals surface area contributed by atoms with Crippen molar-refractivity contribution in [1.29, 1.82) is 0 Å². The van der Waals surface area contributed by atoms with Crippen LogP contribution in [0.2, 0.25) is 0 Å². The number of nitrogens with zero attached hydrogens (tertiary/aromatic N) is 1. The summed E-state index contributed by atoms with van der Waals surface area (Å²) in [5, 5.41) is 12.6. The Hall–Kier alpha value is -1.43. The van der Waals surface area contributed by atoms with E-state index in [1.165, 1.54) is 11.1 Å².